The number of hydrogen-bond acceptors (Lipinski definition) is 1. The van der Waals surface area contributed by atoms with Crippen molar-refractivity contribution in [3.8, 4) is 0 Å². The van der Waals surface area contributed by atoms with Crippen LogP contribution in [0.2, 0.25) is 0 Å². The second kappa shape index (κ2) is 2.63. The minimum Gasteiger partial charge on any atom is -0.364 e. The summed E-state index contributed by atoms with van der Waals surface area (Å²) in [5.74, 6) is 0.738. The lowest BCUT2D eigenvalue weighted by Gasteiger charge is -2.52. The van der Waals surface area contributed by atoms with Crippen LogP contribution in [0.25, 0.3) is 6.08 Å². The van der Waals surface area contributed by atoms with Crippen molar-refractivity contribution in [2.75, 3.05) is 4.90 Å². The summed E-state index contributed by atoms with van der Waals surface area (Å²) in [6.45, 7) is 4.63. The van der Waals surface area contributed by atoms with Gasteiger partial charge < -0.3 is 4.90 Å². The first kappa shape index (κ1) is 8.10. The van der Waals surface area contributed by atoms with E-state index in [1.165, 1.54) is 11.3 Å². The second-order valence-corrected chi connectivity index (χ2v) is 4.38. The standard InChI is InChI=1S/C13H15N/c1-9-12-8-7-11-5-3-4-6-13(11)14(9)10(12)2/h3-10,12H,1-2H3. The van der Waals surface area contributed by atoms with Gasteiger partial charge in [0.25, 0.3) is 0 Å². The quantitative estimate of drug-likeness (QED) is 0.600. The Bertz CT molecular complexity index is 384. The van der Waals surface area contributed by atoms with Crippen molar-refractivity contribution in [3.63, 3.8) is 0 Å². The molecule has 0 amide bonds. The molecule has 1 fully saturated rings. The fraction of sp³-hybridized carbons (Fsp3) is 0.385. The van der Waals surface area contributed by atoms with Crippen LogP contribution in [0, 0.1) is 5.92 Å². The van der Waals surface area contributed by atoms with Gasteiger partial charge in [0.15, 0.2) is 0 Å². The summed E-state index contributed by atoms with van der Waals surface area (Å²) in [6.07, 6.45) is 4.65. The maximum Gasteiger partial charge on any atom is 0.0444 e. The smallest absolute Gasteiger partial charge is 0.0444 e. The van der Waals surface area contributed by atoms with E-state index >= 15 is 0 Å². The van der Waals surface area contributed by atoms with E-state index in [0.717, 1.165) is 5.92 Å². The Kier molecular flexibility index (Phi) is 1.52. The highest BCUT2D eigenvalue weighted by Crippen LogP contribution is 2.42. The highest BCUT2D eigenvalue weighted by atomic mass is 15.3. The minimum atomic E-state index is 0.671. The summed E-state index contributed by atoms with van der Waals surface area (Å²) in [5, 5.41) is 0. The van der Waals surface area contributed by atoms with Crippen LogP contribution in [0.3, 0.4) is 0 Å². The predicted molar refractivity (Wildman–Crippen MR) is 60.4 cm³/mol. The lowest BCUT2D eigenvalue weighted by atomic mass is 9.82. The summed E-state index contributed by atoms with van der Waals surface area (Å²) >= 11 is 0. The molecule has 1 saturated heterocycles. The van der Waals surface area contributed by atoms with Crippen LogP contribution in [-0.2, 0) is 0 Å². The highest BCUT2D eigenvalue weighted by Gasteiger charge is 2.43. The molecule has 1 aromatic carbocycles. The molecule has 2 bridgehead atoms. The molecule has 14 heavy (non-hydrogen) atoms. The van der Waals surface area contributed by atoms with Crippen LogP contribution in [0.1, 0.15) is 19.4 Å². The maximum absolute atomic E-state index is 2.53. The number of rotatable bonds is 0. The zero-order valence-electron chi connectivity index (χ0n) is 8.64. The van der Waals surface area contributed by atoms with Gasteiger partial charge in [-0.15, -0.1) is 0 Å². The Hall–Kier alpha value is -1.24. The molecule has 1 nitrogen and oxygen atoms in total. The van der Waals surface area contributed by atoms with Gasteiger partial charge in [-0.05, 0) is 25.5 Å². The van der Waals surface area contributed by atoms with Gasteiger partial charge in [-0.3, -0.25) is 0 Å². The fourth-order valence-corrected chi connectivity index (χ4v) is 2.88. The molecule has 3 aliphatic heterocycles. The fourth-order valence-electron chi connectivity index (χ4n) is 2.88. The van der Waals surface area contributed by atoms with Crippen molar-refractivity contribution in [1.82, 2.24) is 0 Å². The van der Waals surface area contributed by atoms with Crippen LogP contribution in [0.5, 0.6) is 0 Å². The van der Waals surface area contributed by atoms with Gasteiger partial charge >= 0.3 is 0 Å². The molecule has 0 N–H and O–H groups in total. The maximum atomic E-state index is 2.53. The third kappa shape index (κ3) is 0.848. The topological polar surface area (TPSA) is 3.24 Å². The zero-order valence-corrected chi connectivity index (χ0v) is 8.64. The van der Waals surface area contributed by atoms with Crippen molar-refractivity contribution < 1.29 is 0 Å². The molecule has 4 rings (SSSR count). The Morgan fingerprint density at radius 3 is 2.57 bits per heavy atom. The number of nitrogens with zero attached hydrogens (tertiary/aromatic N) is 1. The number of para-hydroxylation sites is 1. The van der Waals surface area contributed by atoms with Gasteiger partial charge in [-0.2, -0.15) is 0 Å². The van der Waals surface area contributed by atoms with E-state index in [4.69, 9.17) is 0 Å². The van der Waals surface area contributed by atoms with Crippen molar-refractivity contribution in [3.05, 3.63) is 35.9 Å². The van der Waals surface area contributed by atoms with Crippen LogP contribution in [0.4, 0.5) is 5.69 Å². The third-order valence-electron chi connectivity index (χ3n) is 3.70. The molecular weight excluding hydrogens is 170 g/mol. The average molecular weight is 185 g/mol. The van der Waals surface area contributed by atoms with E-state index in [-0.39, 0.29) is 0 Å². The highest BCUT2D eigenvalue weighted by molar-refractivity contribution is 5.72. The van der Waals surface area contributed by atoms with E-state index in [0.29, 0.717) is 12.1 Å². The van der Waals surface area contributed by atoms with Crippen LogP contribution >= 0.6 is 0 Å². The molecule has 0 radical (unpaired) electrons. The molecular formula is C13H15N. The summed E-state index contributed by atoms with van der Waals surface area (Å²) in [4.78, 5) is 2.53. The summed E-state index contributed by atoms with van der Waals surface area (Å²) < 4.78 is 0. The van der Waals surface area contributed by atoms with Crippen molar-refractivity contribution >= 4 is 11.8 Å². The molecule has 2 atom stereocenters. The van der Waals surface area contributed by atoms with Crippen molar-refractivity contribution in [1.29, 1.82) is 0 Å². The van der Waals surface area contributed by atoms with Crippen molar-refractivity contribution in [2.45, 2.75) is 25.9 Å². The summed E-state index contributed by atoms with van der Waals surface area (Å²) in [6, 6.07) is 10.0. The SMILES string of the molecule is CC1C2C=Cc3ccccc3N1C2C. The summed E-state index contributed by atoms with van der Waals surface area (Å²) in [7, 11) is 0. The molecule has 0 spiro atoms. The van der Waals surface area contributed by atoms with Crippen molar-refractivity contribution in [2.24, 2.45) is 5.92 Å². The number of benzene rings is 1. The summed E-state index contributed by atoms with van der Waals surface area (Å²) in [5.41, 5.74) is 2.77. The molecule has 0 aromatic heterocycles. The van der Waals surface area contributed by atoms with Gasteiger partial charge in [0.05, 0.1) is 0 Å². The zero-order chi connectivity index (χ0) is 9.71. The van der Waals surface area contributed by atoms with E-state index < -0.39 is 0 Å². The minimum absolute atomic E-state index is 0.671. The number of hydrogen-bond donors (Lipinski definition) is 0. The molecule has 0 aliphatic carbocycles. The van der Waals surface area contributed by atoms with Gasteiger partial charge in [0.1, 0.15) is 0 Å². The molecule has 0 saturated carbocycles. The second-order valence-electron chi connectivity index (χ2n) is 4.38. The van der Waals surface area contributed by atoms with E-state index in [9.17, 15) is 0 Å². The van der Waals surface area contributed by atoms with E-state index in [1.54, 1.807) is 0 Å². The molecule has 1 heteroatoms. The first-order valence-corrected chi connectivity index (χ1v) is 5.34. The molecule has 3 aliphatic rings. The number of anilines is 1. The van der Waals surface area contributed by atoms with Crippen LogP contribution in [-0.4, -0.2) is 12.1 Å². The first-order chi connectivity index (χ1) is 6.79. The van der Waals surface area contributed by atoms with Gasteiger partial charge in [-0.25, -0.2) is 0 Å². The monoisotopic (exact) mass is 185 g/mol. The lowest BCUT2D eigenvalue weighted by molar-refractivity contribution is 0.290. The molecule has 3 heterocycles. The largest absolute Gasteiger partial charge is 0.364 e. The Morgan fingerprint density at radius 1 is 1.07 bits per heavy atom. The van der Waals surface area contributed by atoms with Gasteiger partial charge in [-0.1, -0.05) is 30.4 Å². The Labute approximate surface area is 85.0 Å². The van der Waals surface area contributed by atoms with Crippen LogP contribution < -0.4 is 4.90 Å². The first-order valence-electron chi connectivity index (χ1n) is 5.34. The van der Waals surface area contributed by atoms with Gasteiger partial charge in [0.2, 0.25) is 0 Å². The predicted octanol–water partition coefficient (Wildman–Crippen LogP) is 2.93. The normalized spacial score (nSPS) is 33.3. The van der Waals surface area contributed by atoms with Crippen LogP contribution in [0.15, 0.2) is 30.3 Å². The van der Waals surface area contributed by atoms with Gasteiger partial charge in [0, 0.05) is 23.7 Å². The molecule has 72 valence electrons. The lowest BCUT2D eigenvalue weighted by Crippen LogP contribution is -2.60. The average Bonchev–Trinajstić information content (AvgIpc) is 2.44. The Balaban J connectivity index is 2.17. The Morgan fingerprint density at radius 2 is 1.79 bits per heavy atom. The van der Waals surface area contributed by atoms with E-state index in [1.807, 2.05) is 0 Å². The molecule has 1 aromatic rings. The third-order valence-corrected chi connectivity index (χ3v) is 3.70. The molecule has 2 unspecified atom stereocenters. The van der Waals surface area contributed by atoms with E-state index in [2.05, 4.69) is 55.2 Å².